The number of hydrogen-bond acceptors (Lipinski definition) is 3. The summed E-state index contributed by atoms with van der Waals surface area (Å²) in [5, 5.41) is 5.16. The summed E-state index contributed by atoms with van der Waals surface area (Å²) in [4.78, 5) is 4.17. The van der Waals surface area contributed by atoms with Crippen molar-refractivity contribution in [2.75, 3.05) is 5.73 Å². The minimum atomic E-state index is 0.545. The Hall–Kier alpha value is -1.58. The van der Waals surface area contributed by atoms with Crippen molar-refractivity contribution in [3.63, 3.8) is 0 Å². The lowest BCUT2D eigenvalue weighted by atomic mass is 10.2. The summed E-state index contributed by atoms with van der Waals surface area (Å²) in [6.45, 7) is 2.00. The predicted octanol–water partition coefficient (Wildman–Crippen LogP) is 0.859. The first-order valence-electron chi connectivity index (χ1n) is 3.73. The van der Waals surface area contributed by atoms with Gasteiger partial charge in [-0.15, -0.1) is 0 Å². The average Bonchev–Trinajstić information content (AvgIpc) is 2.33. The summed E-state index contributed by atoms with van der Waals surface area (Å²) in [6, 6.07) is 1.85. The number of nitrogens with zero attached hydrogens (tertiary/aromatic N) is 3. The molecular formula is C8H10N4. The van der Waals surface area contributed by atoms with Crippen molar-refractivity contribution >= 4 is 16.9 Å². The number of anilines is 1. The third-order valence-corrected chi connectivity index (χ3v) is 1.93. The molecule has 0 aliphatic carbocycles. The zero-order valence-electron chi connectivity index (χ0n) is 7.07. The monoisotopic (exact) mass is 162 g/mol. The lowest BCUT2D eigenvalue weighted by Crippen LogP contribution is -1.96. The average molecular weight is 162 g/mol. The number of fused-ring (bicyclic) bond motifs is 1. The zero-order chi connectivity index (χ0) is 8.72. The summed E-state index contributed by atoms with van der Waals surface area (Å²) >= 11 is 0. The van der Waals surface area contributed by atoms with Crippen LogP contribution in [0.5, 0.6) is 0 Å². The molecule has 2 rings (SSSR count). The van der Waals surface area contributed by atoms with E-state index in [1.165, 1.54) is 0 Å². The molecule has 12 heavy (non-hydrogen) atoms. The molecule has 0 unspecified atom stereocenters. The lowest BCUT2D eigenvalue weighted by Gasteiger charge is -1.98. The number of rotatable bonds is 0. The fourth-order valence-corrected chi connectivity index (χ4v) is 1.30. The molecule has 0 bridgehead atoms. The summed E-state index contributed by atoms with van der Waals surface area (Å²) in [7, 11) is 1.86. The Bertz CT molecular complexity index is 430. The van der Waals surface area contributed by atoms with Crippen LogP contribution in [-0.4, -0.2) is 14.8 Å². The van der Waals surface area contributed by atoms with E-state index in [4.69, 9.17) is 5.73 Å². The molecule has 0 amide bonds. The fourth-order valence-electron chi connectivity index (χ4n) is 1.30. The second kappa shape index (κ2) is 2.20. The molecule has 0 spiro atoms. The second-order valence-electron chi connectivity index (χ2n) is 2.87. The van der Waals surface area contributed by atoms with Crippen molar-refractivity contribution < 1.29 is 0 Å². The van der Waals surface area contributed by atoms with Crippen LogP contribution >= 0.6 is 0 Å². The normalized spacial score (nSPS) is 10.8. The maximum Gasteiger partial charge on any atom is 0.160 e. The lowest BCUT2D eigenvalue weighted by molar-refractivity contribution is 0.787. The molecule has 2 aromatic rings. The van der Waals surface area contributed by atoms with Crippen LogP contribution in [0.4, 0.5) is 5.82 Å². The number of pyridine rings is 1. The van der Waals surface area contributed by atoms with Crippen molar-refractivity contribution in [2.45, 2.75) is 6.92 Å². The first-order valence-corrected chi connectivity index (χ1v) is 3.73. The molecule has 62 valence electrons. The molecule has 0 saturated heterocycles. The largest absolute Gasteiger partial charge is 0.384 e. The first-order chi connectivity index (χ1) is 5.68. The molecule has 2 aromatic heterocycles. The molecule has 0 fully saturated rings. The minimum absolute atomic E-state index is 0.545. The zero-order valence-corrected chi connectivity index (χ0v) is 7.07. The molecule has 0 aliphatic rings. The topological polar surface area (TPSA) is 56.7 Å². The van der Waals surface area contributed by atoms with Crippen LogP contribution in [0.2, 0.25) is 0 Å². The molecule has 4 nitrogen and oxygen atoms in total. The molecule has 0 aromatic carbocycles. The van der Waals surface area contributed by atoms with Gasteiger partial charge in [-0.05, 0) is 18.6 Å². The highest BCUT2D eigenvalue weighted by molar-refractivity contribution is 5.80. The van der Waals surface area contributed by atoms with E-state index in [9.17, 15) is 0 Å². The molecule has 0 radical (unpaired) electrons. The van der Waals surface area contributed by atoms with Crippen LogP contribution in [0.25, 0.3) is 11.0 Å². The molecule has 2 N–H and O–H groups in total. The number of nitrogens with two attached hydrogens (primary N) is 1. The second-order valence-corrected chi connectivity index (χ2v) is 2.87. The Kier molecular flexibility index (Phi) is 1.30. The molecule has 0 aliphatic heterocycles. The maximum atomic E-state index is 5.60. The minimum Gasteiger partial charge on any atom is -0.384 e. The van der Waals surface area contributed by atoms with Gasteiger partial charge in [-0.25, -0.2) is 4.98 Å². The van der Waals surface area contributed by atoms with Crippen LogP contribution in [-0.2, 0) is 7.05 Å². The van der Waals surface area contributed by atoms with Crippen LogP contribution < -0.4 is 5.73 Å². The van der Waals surface area contributed by atoms with Crippen molar-refractivity contribution in [3.05, 3.63) is 17.8 Å². The van der Waals surface area contributed by atoms with Crippen molar-refractivity contribution in [2.24, 2.45) is 7.05 Å². The molecular weight excluding hydrogens is 152 g/mol. The van der Waals surface area contributed by atoms with E-state index in [1.54, 1.807) is 10.9 Å². The van der Waals surface area contributed by atoms with Gasteiger partial charge in [0.15, 0.2) is 5.65 Å². The number of aryl methyl sites for hydroxylation is 2. The van der Waals surface area contributed by atoms with Gasteiger partial charge in [-0.1, -0.05) is 0 Å². The van der Waals surface area contributed by atoms with E-state index in [2.05, 4.69) is 10.1 Å². The van der Waals surface area contributed by atoms with Gasteiger partial charge in [0.05, 0.1) is 6.20 Å². The maximum absolute atomic E-state index is 5.60. The Morgan fingerprint density at radius 2 is 2.25 bits per heavy atom. The van der Waals surface area contributed by atoms with Gasteiger partial charge in [0.1, 0.15) is 5.82 Å². The third kappa shape index (κ3) is 0.845. The van der Waals surface area contributed by atoms with Gasteiger partial charge in [0.25, 0.3) is 0 Å². The summed E-state index contributed by atoms with van der Waals surface area (Å²) in [6.07, 6.45) is 1.80. The molecule has 4 heteroatoms. The van der Waals surface area contributed by atoms with E-state index in [-0.39, 0.29) is 0 Å². The molecule has 0 saturated carbocycles. The van der Waals surface area contributed by atoms with Crippen LogP contribution in [0.15, 0.2) is 12.3 Å². The van der Waals surface area contributed by atoms with Crippen LogP contribution in [0, 0.1) is 6.92 Å². The number of nitrogen functional groups attached to an aromatic ring is 1. The Labute approximate surface area is 70.0 Å². The standard InChI is InChI=1S/C8H10N4/c1-5-3-7(9)11-8-6(5)4-10-12(8)2/h3-4H,1-2H3,(H2,9,11). The van der Waals surface area contributed by atoms with Gasteiger partial charge < -0.3 is 5.73 Å². The van der Waals surface area contributed by atoms with E-state index < -0.39 is 0 Å². The predicted molar refractivity (Wildman–Crippen MR) is 47.7 cm³/mol. The fraction of sp³-hybridized carbons (Fsp3) is 0.250. The highest BCUT2D eigenvalue weighted by atomic mass is 15.3. The number of aromatic nitrogens is 3. The van der Waals surface area contributed by atoms with Crippen molar-refractivity contribution in [1.29, 1.82) is 0 Å². The van der Waals surface area contributed by atoms with E-state index in [0.29, 0.717) is 5.82 Å². The summed E-state index contributed by atoms with van der Waals surface area (Å²) in [5.74, 6) is 0.545. The SMILES string of the molecule is Cc1cc(N)nc2c1cnn2C. The van der Waals surface area contributed by atoms with E-state index in [0.717, 1.165) is 16.6 Å². The van der Waals surface area contributed by atoms with Gasteiger partial charge in [0.2, 0.25) is 0 Å². The third-order valence-electron chi connectivity index (χ3n) is 1.93. The molecule has 0 atom stereocenters. The van der Waals surface area contributed by atoms with Gasteiger partial charge in [-0.3, -0.25) is 4.68 Å². The Balaban J connectivity index is 2.92. The van der Waals surface area contributed by atoms with Gasteiger partial charge in [-0.2, -0.15) is 5.10 Å². The number of hydrogen-bond donors (Lipinski definition) is 1. The van der Waals surface area contributed by atoms with Gasteiger partial charge >= 0.3 is 0 Å². The highest BCUT2D eigenvalue weighted by Gasteiger charge is 2.03. The quantitative estimate of drug-likeness (QED) is 0.625. The summed E-state index contributed by atoms with van der Waals surface area (Å²) < 4.78 is 1.72. The van der Waals surface area contributed by atoms with Crippen LogP contribution in [0.3, 0.4) is 0 Å². The highest BCUT2D eigenvalue weighted by Crippen LogP contribution is 2.16. The summed E-state index contributed by atoms with van der Waals surface area (Å²) in [5.41, 5.74) is 7.56. The van der Waals surface area contributed by atoms with E-state index >= 15 is 0 Å². The first kappa shape index (κ1) is 7.09. The Morgan fingerprint density at radius 1 is 1.50 bits per heavy atom. The Morgan fingerprint density at radius 3 is 3.00 bits per heavy atom. The van der Waals surface area contributed by atoms with Gasteiger partial charge in [0, 0.05) is 12.4 Å². The van der Waals surface area contributed by atoms with Crippen LogP contribution in [0.1, 0.15) is 5.56 Å². The van der Waals surface area contributed by atoms with E-state index in [1.807, 2.05) is 20.0 Å². The van der Waals surface area contributed by atoms with Crippen molar-refractivity contribution in [1.82, 2.24) is 14.8 Å². The smallest absolute Gasteiger partial charge is 0.160 e. The van der Waals surface area contributed by atoms with Crippen molar-refractivity contribution in [3.8, 4) is 0 Å². The molecule has 2 heterocycles.